The molecule has 24 heavy (non-hydrogen) atoms. The Kier molecular flexibility index (Phi) is 4.11. The van der Waals surface area contributed by atoms with Gasteiger partial charge in [0.1, 0.15) is 5.82 Å². The summed E-state index contributed by atoms with van der Waals surface area (Å²) in [6.07, 6.45) is 0.771. The first-order valence-corrected chi connectivity index (χ1v) is 9.00. The molecule has 1 aromatic heterocycles. The second kappa shape index (κ2) is 6.09. The van der Waals surface area contributed by atoms with E-state index in [1.54, 1.807) is 30.3 Å². The zero-order valence-corrected chi connectivity index (χ0v) is 14.1. The van der Waals surface area contributed by atoms with Gasteiger partial charge in [0.2, 0.25) is 0 Å². The van der Waals surface area contributed by atoms with Gasteiger partial charge in [0, 0.05) is 12.0 Å². The maximum Gasteiger partial charge on any atom is 0.261 e. The van der Waals surface area contributed by atoms with Crippen molar-refractivity contribution in [2.24, 2.45) is 0 Å². The fraction of sp³-hybridized carbons (Fsp3) is 0.176. The zero-order chi connectivity index (χ0) is 17.3. The quantitative estimate of drug-likeness (QED) is 0.696. The zero-order valence-electron chi connectivity index (χ0n) is 13.3. The second-order valence-corrected chi connectivity index (χ2v) is 7.14. The molecule has 0 aliphatic heterocycles. The Labute approximate surface area is 140 Å². The fourth-order valence-corrected chi connectivity index (χ4v) is 3.48. The maximum atomic E-state index is 12.5. The lowest BCUT2D eigenvalue weighted by Crippen LogP contribution is -2.13. The van der Waals surface area contributed by atoms with Gasteiger partial charge in [0.25, 0.3) is 10.0 Å². The van der Waals surface area contributed by atoms with Crippen molar-refractivity contribution >= 4 is 32.5 Å². The molecule has 124 valence electrons. The number of hydrogen-bond donors (Lipinski definition) is 2. The third kappa shape index (κ3) is 3.16. The number of ketones is 1. The minimum absolute atomic E-state index is 0.0501. The topological polar surface area (TPSA) is 91.9 Å². The number of H-pyrrole nitrogens is 1. The number of aromatic amines is 1. The van der Waals surface area contributed by atoms with E-state index in [2.05, 4.69) is 14.7 Å². The summed E-state index contributed by atoms with van der Waals surface area (Å²) in [7, 11) is -3.77. The molecule has 0 aliphatic carbocycles. The summed E-state index contributed by atoms with van der Waals surface area (Å²) in [5.74, 6) is 0.664. The molecule has 0 spiro atoms. The third-order valence-electron chi connectivity index (χ3n) is 3.67. The standard InChI is InChI=1S/C17H17N3O3S/c1-3-17-18-15-8-7-13(10-16(15)19-17)20-24(22,23)14-6-4-5-12(9-14)11(2)21/h4-10,20H,3H2,1-2H3,(H,18,19). The Morgan fingerprint density at radius 1 is 1.21 bits per heavy atom. The SMILES string of the molecule is CCc1nc2ccc(NS(=O)(=O)c3cccc(C(C)=O)c3)cc2[nH]1. The smallest absolute Gasteiger partial charge is 0.261 e. The number of sulfonamides is 1. The molecule has 0 atom stereocenters. The van der Waals surface area contributed by atoms with Crippen molar-refractivity contribution in [3.8, 4) is 0 Å². The molecule has 0 amide bonds. The molecule has 7 heteroatoms. The average molecular weight is 343 g/mol. The number of benzene rings is 2. The van der Waals surface area contributed by atoms with E-state index in [0.29, 0.717) is 11.3 Å². The molecule has 3 rings (SSSR count). The van der Waals surface area contributed by atoms with Gasteiger partial charge in [-0.25, -0.2) is 13.4 Å². The van der Waals surface area contributed by atoms with Crippen molar-refractivity contribution in [1.82, 2.24) is 9.97 Å². The van der Waals surface area contributed by atoms with Gasteiger partial charge in [-0.2, -0.15) is 0 Å². The summed E-state index contributed by atoms with van der Waals surface area (Å²) in [5, 5.41) is 0. The lowest BCUT2D eigenvalue weighted by molar-refractivity contribution is 0.101. The number of imidazole rings is 1. The first kappa shape index (κ1) is 16.2. The fourth-order valence-electron chi connectivity index (χ4n) is 2.39. The van der Waals surface area contributed by atoms with E-state index in [0.717, 1.165) is 23.3 Å². The van der Waals surface area contributed by atoms with Gasteiger partial charge in [-0.15, -0.1) is 0 Å². The van der Waals surface area contributed by atoms with Crippen molar-refractivity contribution in [2.75, 3.05) is 4.72 Å². The van der Waals surface area contributed by atoms with Crippen molar-refractivity contribution < 1.29 is 13.2 Å². The second-order valence-electron chi connectivity index (χ2n) is 5.46. The van der Waals surface area contributed by atoms with Crippen LogP contribution in [0.3, 0.4) is 0 Å². The molecule has 0 radical (unpaired) electrons. The van der Waals surface area contributed by atoms with Crippen LogP contribution in [0.4, 0.5) is 5.69 Å². The molecule has 0 saturated heterocycles. The van der Waals surface area contributed by atoms with Crippen LogP contribution < -0.4 is 4.72 Å². The number of nitrogens with zero attached hydrogens (tertiary/aromatic N) is 1. The number of aryl methyl sites for hydroxylation is 1. The first-order valence-electron chi connectivity index (χ1n) is 7.51. The number of Topliss-reactive ketones (excluding diaryl/α,β-unsaturated/α-hetero) is 1. The molecule has 0 unspecified atom stereocenters. The molecular weight excluding hydrogens is 326 g/mol. The van der Waals surface area contributed by atoms with E-state index < -0.39 is 10.0 Å². The molecule has 0 bridgehead atoms. The minimum Gasteiger partial charge on any atom is -0.342 e. The Hall–Kier alpha value is -2.67. The van der Waals surface area contributed by atoms with Crippen molar-refractivity contribution in [3.63, 3.8) is 0 Å². The van der Waals surface area contributed by atoms with Crippen LogP contribution in [0.25, 0.3) is 11.0 Å². The molecule has 1 heterocycles. The number of anilines is 1. The number of nitrogens with one attached hydrogen (secondary N) is 2. The van der Waals surface area contributed by atoms with Gasteiger partial charge in [0.15, 0.2) is 5.78 Å². The molecule has 2 N–H and O–H groups in total. The van der Waals surface area contributed by atoms with Crippen molar-refractivity contribution in [3.05, 3.63) is 53.9 Å². The van der Waals surface area contributed by atoms with Gasteiger partial charge in [-0.1, -0.05) is 19.1 Å². The highest BCUT2D eigenvalue weighted by Gasteiger charge is 2.16. The van der Waals surface area contributed by atoms with E-state index in [4.69, 9.17) is 0 Å². The van der Waals surface area contributed by atoms with E-state index >= 15 is 0 Å². The van der Waals surface area contributed by atoms with Gasteiger partial charge < -0.3 is 4.98 Å². The number of carbonyl (C=O) groups is 1. The first-order chi connectivity index (χ1) is 11.4. The largest absolute Gasteiger partial charge is 0.342 e. The summed E-state index contributed by atoms with van der Waals surface area (Å²) in [4.78, 5) is 19.0. The molecular formula is C17H17N3O3S. The van der Waals surface area contributed by atoms with Crippen LogP contribution in [-0.4, -0.2) is 24.2 Å². The number of carbonyl (C=O) groups excluding carboxylic acids is 1. The van der Waals surface area contributed by atoms with Gasteiger partial charge in [-0.05, 0) is 37.3 Å². The van der Waals surface area contributed by atoms with E-state index in [-0.39, 0.29) is 10.7 Å². The van der Waals surface area contributed by atoms with E-state index in [9.17, 15) is 13.2 Å². The highest BCUT2D eigenvalue weighted by Crippen LogP contribution is 2.21. The summed E-state index contributed by atoms with van der Waals surface area (Å²) < 4.78 is 27.6. The minimum atomic E-state index is -3.77. The predicted octanol–water partition coefficient (Wildman–Crippen LogP) is 3.13. The van der Waals surface area contributed by atoms with E-state index in [1.165, 1.54) is 19.1 Å². The Morgan fingerprint density at radius 3 is 2.71 bits per heavy atom. The molecule has 6 nitrogen and oxygen atoms in total. The molecule has 0 saturated carbocycles. The normalized spacial score (nSPS) is 11.6. The van der Waals surface area contributed by atoms with Crippen LogP contribution >= 0.6 is 0 Å². The van der Waals surface area contributed by atoms with Crippen LogP contribution in [0.2, 0.25) is 0 Å². The van der Waals surface area contributed by atoms with Crippen molar-refractivity contribution in [1.29, 1.82) is 0 Å². The van der Waals surface area contributed by atoms with Crippen molar-refractivity contribution in [2.45, 2.75) is 25.2 Å². The van der Waals surface area contributed by atoms with E-state index in [1.807, 2.05) is 6.92 Å². The monoisotopic (exact) mass is 343 g/mol. The summed E-state index contributed by atoms with van der Waals surface area (Å²) in [5.41, 5.74) is 2.34. The Balaban J connectivity index is 1.94. The summed E-state index contributed by atoms with van der Waals surface area (Å²) in [6.45, 7) is 3.39. The number of hydrogen-bond acceptors (Lipinski definition) is 4. The molecule has 2 aromatic carbocycles. The van der Waals surface area contributed by atoms with Crippen LogP contribution in [-0.2, 0) is 16.4 Å². The average Bonchev–Trinajstić information content (AvgIpc) is 2.97. The Morgan fingerprint density at radius 2 is 2.00 bits per heavy atom. The highest BCUT2D eigenvalue weighted by molar-refractivity contribution is 7.92. The molecule has 0 aliphatic rings. The van der Waals surface area contributed by atoms with Gasteiger partial charge >= 0.3 is 0 Å². The summed E-state index contributed by atoms with van der Waals surface area (Å²) >= 11 is 0. The Bertz CT molecular complexity index is 1020. The third-order valence-corrected chi connectivity index (χ3v) is 5.05. The maximum absolute atomic E-state index is 12.5. The number of rotatable bonds is 5. The summed E-state index contributed by atoms with van der Waals surface area (Å²) in [6, 6.07) is 11.1. The molecule has 3 aromatic rings. The van der Waals surface area contributed by atoms with Crippen LogP contribution in [0.1, 0.15) is 30.0 Å². The lowest BCUT2D eigenvalue weighted by atomic mass is 10.2. The van der Waals surface area contributed by atoms with Crippen LogP contribution in [0.5, 0.6) is 0 Å². The number of fused-ring (bicyclic) bond motifs is 1. The van der Waals surface area contributed by atoms with Crippen LogP contribution in [0.15, 0.2) is 47.4 Å². The highest BCUT2D eigenvalue weighted by atomic mass is 32.2. The predicted molar refractivity (Wildman–Crippen MR) is 92.7 cm³/mol. The van der Waals surface area contributed by atoms with Gasteiger partial charge in [0.05, 0.1) is 21.6 Å². The lowest BCUT2D eigenvalue weighted by Gasteiger charge is -2.09. The van der Waals surface area contributed by atoms with Crippen LogP contribution in [0, 0.1) is 0 Å². The number of aromatic nitrogens is 2. The van der Waals surface area contributed by atoms with Gasteiger partial charge in [-0.3, -0.25) is 9.52 Å². The molecule has 0 fully saturated rings.